The molecule has 1 atom stereocenters. The molecule has 0 aliphatic carbocycles. The Morgan fingerprint density at radius 2 is 1.77 bits per heavy atom. The Morgan fingerprint density at radius 3 is 2.50 bits per heavy atom. The maximum atomic E-state index is 11.1. The topological polar surface area (TPSA) is 44.8 Å². The van der Waals surface area contributed by atoms with Crippen molar-refractivity contribution < 1.29 is 9.53 Å². The highest BCUT2D eigenvalue weighted by Gasteiger charge is 2.28. The highest BCUT2D eigenvalue weighted by molar-refractivity contribution is 8.02. The van der Waals surface area contributed by atoms with Gasteiger partial charge in [0.25, 0.3) is 0 Å². The second-order valence-electron chi connectivity index (χ2n) is 7.69. The fourth-order valence-electron chi connectivity index (χ4n) is 3.97. The standard InChI is InChI=1S/C24H29N3O2S/c28-19-25-23-18-30-24(27(23)16-15-26-13-5-2-6-14-26)21-9-11-22(12-10-21)29-17-20-7-3-1-4-8-20/h1,3-4,7-12,18-19,24H,2,5-6,13-17H2,(H,25,28). The molecule has 1 fully saturated rings. The molecule has 6 heteroatoms. The van der Waals surface area contributed by atoms with Crippen LogP contribution in [0.15, 0.2) is 65.8 Å². The van der Waals surface area contributed by atoms with Gasteiger partial charge in [0.15, 0.2) is 0 Å². The molecular formula is C24H29N3O2S. The van der Waals surface area contributed by atoms with Gasteiger partial charge in [-0.2, -0.15) is 0 Å². The number of nitrogens with zero attached hydrogens (tertiary/aromatic N) is 2. The number of nitrogens with one attached hydrogen (secondary N) is 1. The number of likely N-dealkylation sites (tertiary alicyclic amines) is 1. The Labute approximate surface area is 183 Å². The van der Waals surface area contributed by atoms with Crippen molar-refractivity contribution >= 4 is 18.2 Å². The number of benzene rings is 2. The number of amides is 1. The summed E-state index contributed by atoms with van der Waals surface area (Å²) in [5.41, 5.74) is 2.37. The van der Waals surface area contributed by atoms with E-state index in [2.05, 4.69) is 44.8 Å². The molecule has 2 heterocycles. The molecule has 4 rings (SSSR count). The van der Waals surface area contributed by atoms with Crippen LogP contribution in [-0.4, -0.2) is 42.4 Å². The van der Waals surface area contributed by atoms with Gasteiger partial charge in [0, 0.05) is 18.5 Å². The molecule has 2 aromatic carbocycles. The van der Waals surface area contributed by atoms with E-state index < -0.39 is 0 Å². The van der Waals surface area contributed by atoms with Gasteiger partial charge in [-0.15, -0.1) is 11.8 Å². The molecule has 1 unspecified atom stereocenters. The van der Waals surface area contributed by atoms with Gasteiger partial charge in [0.2, 0.25) is 6.41 Å². The van der Waals surface area contributed by atoms with Crippen LogP contribution in [0.25, 0.3) is 0 Å². The van der Waals surface area contributed by atoms with Gasteiger partial charge in [-0.05, 0) is 49.2 Å². The first-order valence-corrected chi connectivity index (χ1v) is 11.6. The molecule has 0 radical (unpaired) electrons. The van der Waals surface area contributed by atoms with Crippen molar-refractivity contribution in [1.82, 2.24) is 15.1 Å². The fraction of sp³-hybridized carbons (Fsp3) is 0.375. The molecule has 1 amide bonds. The maximum Gasteiger partial charge on any atom is 0.212 e. The van der Waals surface area contributed by atoms with E-state index in [4.69, 9.17) is 4.74 Å². The van der Waals surface area contributed by atoms with Crippen LogP contribution in [0.4, 0.5) is 0 Å². The molecular weight excluding hydrogens is 394 g/mol. The van der Waals surface area contributed by atoms with Crippen LogP contribution in [0.2, 0.25) is 0 Å². The van der Waals surface area contributed by atoms with Gasteiger partial charge in [0.05, 0.1) is 0 Å². The second kappa shape index (κ2) is 10.5. The maximum absolute atomic E-state index is 11.1. The van der Waals surface area contributed by atoms with Crippen LogP contribution in [0.3, 0.4) is 0 Å². The summed E-state index contributed by atoms with van der Waals surface area (Å²) in [6.45, 7) is 4.84. The summed E-state index contributed by atoms with van der Waals surface area (Å²) in [4.78, 5) is 15.9. The van der Waals surface area contributed by atoms with Crippen molar-refractivity contribution in [3.63, 3.8) is 0 Å². The summed E-state index contributed by atoms with van der Waals surface area (Å²) in [6.07, 6.45) is 4.69. The van der Waals surface area contributed by atoms with Crippen LogP contribution in [0.5, 0.6) is 5.75 Å². The summed E-state index contributed by atoms with van der Waals surface area (Å²) in [5.74, 6) is 1.76. The number of carbonyl (C=O) groups excluding carboxylic acids is 1. The van der Waals surface area contributed by atoms with E-state index in [0.717, 1.165) is 36.6 Å². The van der Waals surface area contributed by atoms with Gasteiger partial charge >= 0.3 is 0 Å². The second-order valence-corrected chi connectivity index (χ2v) is 8.65. The Bertz CT molecular complexity index is 835. The number of hydrogen-bond acceptors (Lipinski definition) is 5. The minimum absolute atomic E-state index is 0.167. The van der Waals surface area contributed by atoms with Crippen molar-refractivity contribution in [2.45, 2.75) is 31.2 Å². The molecule has 158 valence electrons. The highest BCUT2D eigenvalue weighted by atomic mass is 32.2. The lowest BCUT2D eigenvalue weighted by molar-refractivity contribution is -0.109. The molecule has 2 aliphatic rings. The van der Waals surface area contributed by atoms with Gasteiger partial charge in [-0.3, -0.25) is 4.79 Å². The summed E-state index contributed by atoms with van der Waals surface area (Å²) in [7, 11) is 0. The SMILES string of the molecule is O=CNC1=CSC(c2ccc(OCc3ccccc3)cc2)N1CCN1CCCCC1. The quantitative estimate of drug-likeness (QED) is 0.608. The van der Waals surface area contributed by atoms with Crippen LogP contribution in [0, 0.1) is 0 Å². The zero-order valence-electron chi connectivity index (χ0n) is 17.2. The third-order valence-electron chi connectivity index (χ3n) is 5.63. The smallest absolute Gasteiger partial charge is 0.212 e. The number of thioether (sulfide) groups is 1. The largest absolute Gasteiger partial charge is 0.489 e. The normalized spacial score (nSPS) is 19.4. The highest BCUT2D eigenvalue weighted by Crippen LogP contribution is 2.41. The molecule has 0 aromatic heterocycles. The average Bonchev–Trinajstić information content (AvgIpc) is 3.21. The van der Waals surface area contributed by atoms with Gasteiger partial charge in [-0.25, -0.2) is 0 Å². The first-order valence-electron chi connectivity index (χ1n) is 10.6. The number of hydrogen-bond donors (Lipinski definition) is 1. The van der Waals surface area contributed by atoms with Crippen molar-refractivity contribution in [2.24, 2.45) is 0 Å². The Kier molecular flexibility index (Phi) is 7.32. The minimum Gasteiger partial charge on any atom is -0.489 e. The average molecular weight is 424 g/mol. The summed E-state index contributed by atoms with van der Waals surface area (Å²) in [5, 5.41) is 5.09. The predicted molar refractivity (Wildman–Crippen MR) is 122 cm³/mol. The van der Waals surface area contributed by atoms with E-state index in [1.807, 2.05) is 30.3 Å². The zero-order chi connectivity index (χ0) is 20.6. The number of piperidine rings is 1. The molecule has 30 heavy (non-hydrogen) atoms. The summed E-state index contributed by atoms with van der Waals surface area (Å²) in [6, 6.07) is 18.5. The van der Waals surface area contributed by atoms with Crippen LogP contribution in [-0.2, 0) is 11.4 Å². The molecule has 0 saturated carbocycles. The van der Waals surface area contributed by atoms with E-state index in [1.165, 1.54) is 37.9 Å². The molecule has 1 saturated heterocycles. The van der Waals surface area contributed by atoms with Crippen molar-refractivity contribution in [1.29, 1.82) is 0 Å². The fourth-order valence-corrected chi connectivity index (χ4v) is 5.11. The first-order chi connectivity index (χ1) is 14.8. The van der Waals surface area contributed by atoms with Gasteiger partial charge in [0.1, 0.15) is 23.6 Å². The Morgan fingerprint density at radius 1 is 1.00 bits per heavy atom. The van der Waals surface area contributed by atoms with E-state index in [9.17, 15) is 4.79 Å². The molecule has 5 nitrogen and oxygen atoms in total. The van der Waals surface area contributed by atoms with E-state index in [-0.39, 0.29) is 5.37 Å². The van der Waals surface area contributed by atoms with Crippen molar-refractivity contribution in [3.05, 3.63) is 77.0 Å². The number of ether oxygens (including phenoxy) is 1. The zero-order valence-corrected chi connectivity index (χ0v) is 18.0. The molecule has 2 aromatic rings. The molecule has 0 bridgehead atoms. The number of carbonyl (C=O) groups is 1. The van der Waals surface area contributed by atoms with Gasteiger partial charge < -0.3 is 19.9 Å². The first kappa shape index (κ1) is 20.8. The van der Waals surface area contributed by atoms with Crippen LogP contribution in [0.1, 0.15) is 35.8 Å². The van der Waals surface area contributed by atoms with Gasteiger partial charge in [-0.1, -0.05) is 48.9 Å². The van der Waals surface area contributed by atoms with Crippen molar-refractivity contribution in [2.75, 3.05) is 26.2 Å². The molecule has 2 aliphatic heterocycles. The number of rotatable bonds is 9. The van der Waals surface area contributed by atoms with Crippen molar-refractivity contribution in [3.8, 4) is 5.75 Å². The third kappa shape index (κ3) is 5.37. The Balaban J connectivity index is 1.38. The lowest BCUT2D eigenvalue weighted by atomic mass is 10.1. The lowest BCUT2D eigenvalue weighted by Gasteiger charge is -2.33. The predicted octanol–water partition coefficient (Wildman–Crippen LogP) is 4.34. The summed E-state index contributed by atoms with van der Waals surface area (Å²) < 4.78 is 5.92. The molecule has 0 spiro atoms. The van der Waals surface area contributed by atoms with E-state index >= 15 is 0 Å². The van der Waals surface area contributed by atoms with Crippen LogP contribution < -0.4 is 10.1 Å². The monoisotopic (exact) mass is 423 g/mol. The molecule has 1 N–H and O–H groups in total. The van der Waals surface area contributed by atoms with E-state index in [1.54, 1.807) is 11.8 Å². The summed E-state index contributed by atoms with van der Waals surface area (Å²) >= 11 is 1.74. The third-order valence-corrected chi connectivity index (χ3v) is 6.77. The Hall–Kier alpha value is -2.44. The van der Waals surface area contributed by atoms with Crippen LogP contribution >= 0.6 is 11.8 Å². The minimum atomic E-state index is 0.167. The lowest BCUT2D eigenvalue weighted by Crippen LogP contribution is -2.39. The van der Waals surface area contributed by atoms with E-state index in [0.29, 0.717) is 6.61 Å².